The molecular formula is C6H12O4. The molecule has 60 valence electrons. The summed E-state index contributed by atoms with van der Waals surface area (Å²) in [5.41, 5.74) is 0. The van der Waals surface area contributed by atoms with Crippen molar-refractivity contribution in [2.24, 2.45) is 0 Å². The highest BCUT2D eigenvalue weighted by Gasteiger charge is 2.35. The molecule has 10 heavy (non-hydrogen) atoms. The SMILES string of the molecule is C[C@@H](O)[C@@H]1O[C@@H](O)C[C@@H]1O. The summed E-state index contributed by atoms with van der Waals surface area (Å²) in [5.74, 6) is 0. The third kappa shape index (κ3) is 1.46. The van der Waals surface area contributed by atoms with Gasteiger partial charge in [0.05, 0.1) is 12.2 Å². The first-order valence-electron chi connectivity index (χ1n) is 3.31. The lowest BCUT2D eigenvalue weighted by Crippen LogP contribution is -2.32. The highest BCUT2D eigenvalue weighted by Crippen LogP contribution is 2.20. The largest absolute Gasteiger partial charge is 0.391 e. The Morgan fingerprint density at radius 2 is 2.10 bits per heavy atom. The molecule has 0 aromatic heterocycles. The van der Waals surface area contributed by atoms with Gasteiger partial charge in [0.2, 0.25) is 0 Å². The predicted octanol–water partition coefficient (Wildman–Crippen LogP) is -1.16. The fourth-order valence-electron chi connectivity index (χ4n) is 1.10. The second kappa shape index (κ2) is 2.84. The quantitative estimate of drug-likeness (QED) is 0.438. The van der Waals surface area contributed by atoms with Gasteiger partial charge >= 0.3 is 0 Å². The van der Waals surface area contributed by atoms with Crippen LogP contribution in [0.1, 0.15) is 13.3 Å². The first-order chi connectivity index (χ1) is 4.61. The minimum Gasteiger partial charge on any atom is -0.391 e. The topological polar surface area (TPSA) is 69.9 Å². The molecule has 4 heteroatoms. The van der Waals surface area contributed by atoms with Crippen LogP contribution in [0.5, 0.6) is 0 Å². The average molecular weight is 148 g/mol. The van der Waals surface area contributed by atoms with Crippen LogP contribution in [0, 0.1) is 0 Å². The number of rotatable bonds is 1. The van der Waals surface area contributed by atoms with Gasteiger partial charge in [-0.1, -0.05) is 0 Å². The molecule has 4 atom stereocenters. The van der Waals surface area contributed by atoms with Gasteiger partial charge in [0.25, 0.3) is 0 Å². The van der Waals surface area contributed by atoms with E-state index in [4.69, 9.17) is 20.1 Å². The second-order valence-corrected chi connectivity index (χ2v) is 2.60. The summed E-state index contributed by atoms with van der Waals surface area (Å²) in [7, 11) is 0. The van der Waals surface area contributed by atoms with Crippen molar-refractivity contribution in [2.75, 3.05) is 0 Å². The summed E-state index contributed by atoms with van der Waals surface area (Å²) in [6.07, 6.45) is -2.83. The molecule has 1 saturated heterocycles. The van der Waals surface area contributed by atoms with Crippen LogP contribution < -0.4 is 0 Å². The third-order valence-corrected chi connectivity index (χ3v) is 1.61. The van der Waals surface area contributed by atoms with Crippen LogP contribution in [0.15, 0.2) is 0 Å². The van der Waals surface area contributed by atoms with Gasteiger partial charge < -0.3 is 20.1 Å². The molecule has 0 spiro atoms. The van der Waals surface area contributed by atoms with Crippen LogP contribution in [0.4, 0.5) is 0 Å². The molecule has 0 aromatic rings. The maximum Gasteiger partial charge on any atom is 0.157 e. The lowest BCUT2D eigenvalue weighted by Gasteiger charge is -2.15. The Bertz CT molecular complexity index is 114. The number of hydrogen-bond donors (Lipinski definition) is 3. The molecule has 0 amide bonds. The Hall–Kier alpha value is -0.160. The van der Waals surface area contributed by atoms with E-state index in [0.29, 0.717) is 0 Å². The fourth-order valence-corrected chi connectivity index (χ4v) is 1.10. The highest BCUT2D eigenvalue weighted by molar-refractivity contribution is 4.80. The molecule has 1 heterocycles. The first-order valence-corrected chi connectivity index (χ1v) is 3.31. The Balaban J connectivity index is 2.46. The van der Waals surface area contributed by atoms with Crippen LogP contribution in [0.2, 0.25) is 0 Å². The van der Waals surface area contributed by atoms with E-state index in [1.807, 2.05) is 0 Å². The van der Waals surface area contributed by atoms with E-state index >= 15 is 0 Å². The molecule has 0 bridgehead atoms. The predicted molar refractivity (Wildman–Crippen MR) is 33.2 cm³/mol. The van der Waals surface area contributed by atoms with Crippen molar-refractivity contribution in [1.82, 2.24) is 0 Å². The molecule has 0 aliphatic carbocycles. The van der Waals surface area contributed by atoms with Crippen molar-refractivity contribution in [3.63, 3.8) is 0 Å². The third-order valence-electron chi connectivity index (χ3n) is 1.61. The van der Waals surface area contributed by atoms with Crippen molar-refractivity contribution < 1.29 is 20.1 Å². The Kier molecular flexibility index (Phi) is 2.25. The van der Waals surface area contributed by atoms with Crippen LogP contribution in [-0.4, -0.2) is 39.9 Å². The van der Waals surface area contributed by atoms with Crippen molar-refractivity contribution >= 4 is 0 Å². The first kappa shape index (κ1) is 7.94. The van der Waals surface area contributed by atoms with Crippen molar-refractivity contribution in [3.05, 3.63) is 0 Å². The maximum atomic E-state index is 9.08. The zero-order valence-electron chi connectivity index (χ0n) is 5.77. The lowest BCUT2D eigenvalue weighted by atomic mass is 10.1. The summed E-state index contributed by atoms with van der Waals surface area (Å²) in [5, 5.41) is 26.9. The highest BCUT2D eigenvalue weighted by atomic mass is 16.6. The minimum atomic E-state index is -0.922. The number of ether oxygens (including phenoxy) is 1. The van der Waals surface area contributed by atoms with Gasteiger partial charge in [-0.2, -0.15) is 0 Å². The molecule has 3 N–H and O–H groups in total. The van der Waals surface area contributed by atoms with Gasteiger partial charge in [-0.05, 0) is 6.92 Å². The molecule has 1 fully saturated rings. The Morgan fingerprint density at radius 3 is 2.30 bits per heavy atom. The number of hydrogen-bond acceptors (Lipinski definition) is 4. The van der Waals surface area contributed by atoms with Crippen LogP contribution in [0.3, 0.4) is 0 Å². The molecule has 0 aromatic carbocycles. The summed E-state index contributed by atoms with van der Waals surface area (Å²) in [6, 6.07) is 0. The average Bonchev–Trinajstić information content (AvgIpc) is 2.10. The second-order valence-electron chi connectivity index (χ2n) is 2.60. The number of aliphatic hydroxyl groups excluding tert-OH is 3. The molecular weight excluding hydrogens is 136 g/mol. The van der Waals surface area contributed by atoms with E-state index < -0.39 is 24.6 Å². The van der Waals surface area contributed by atoms with E-state index in [1.54, 1.807) is 0 Å². The fraction of sp³-hybridized carbons (Fsp3) is 1.00. The Morgan fingerprint density at radius 1 is 1.50 bits per heavy atom. The van der Waals surface area contributed by atoms with E-state index in [2.05, 4.69) is 0 Å². The summed E-state index contributed by atoms with van der Waals surface area (Å²) in [6.45, 7) is 1.52. The molecule has 0 saturated carbocycles. The molecule has 0 radical (unpaired) electrons. The molecule has 1 aliphatic rings. The molecule has 1 aliphatic heterocycles. The minimum absolute atomic E-state index is 0.190. The van der Waals surface area contributed by atoms with Gasteiger partial charge in [0.1, 0.15) is 6.10 Å². The molecule has 1 rings (SSSR count). The van der Waals surface area contributed by atoms with Crippen molar-refractivity contribution in [1.29, 1.82) is 0 Å². The van der Waals surface area contributed by atoms with Gasteiger partial charge in [-0.15, -0.1) is 0 Å². The van der Waals surface area contributed by atoms with Crippen LogP contribution in [0.25, 0.3) is 0 Å². The maximum absolute atomic E-state index is 9.08. The van der Waals surface area contributed by atoms with Gasteiger partial charge in [-0.25, -0.2) is 0 Å². The van der Waals surface area contributed by atoms with Crippen LogP contribution in [-0.2, 0) is 4.74 Å². The molecule has 0 unspecified atom stereocenters. The van der Waals surface area contributed by atoms with Gasteiger partial charge in [0, 0.05) is 6.42 Å². The Labute approximate surface area is 59.1 Å². The van der Waals surface area contributed by atoms with E-state index in [-0.39, 0.29) is 6.42 Å². The zero-order valence-corrected chi connectivity index (χ0v) is 5.77. The van der Waals surface area contributed by atoms with Crippen molar-refractivity contribution in [2.45, 2.75) is 37.9 Å². The van der Waals surface area contributed by atoms with Gasteiger partial charge in [-0.3, -0.25) is 0 Å². The lowest BCUT2D eigenvalue weighted by molar-refractivity contribution is -0.125. The van der Waals surface area contributed by atoms with E-state index in [0.717, 1.165) is 0 Å². The van der Waals surface area contributed by atoms with Crippen molar-refractivity contribution in [3.8, 4) is 0 Å². The normalized spacial score (nSPS) is 43.8. The standard InChI is InChI=1S/C6H12O4/c1-3(7)6-4(8)2-5(9)10-6/h3-9H,2H2,1H3/t3-,4+,5-,6+/m1/s1. The monoisotopic (exact) mass is 148 g/mol. The summed E-state index contributed by atoms with van der Waals surface area (Å²) >= 11 is 0. The van der Waals surface area contributed by atoms with E-state index in [1.165, 1.54) is 6.92 Å². The smallest absolute Gasteiger partial charge is 0.157 e. The van der Waals surface area contributed by atoms with Gasteiger partial charge in [0.15, 0.2) is 6.29 Å². The molecule has 4 nitrogen and oxygen atoms in total. The zero-order chi connectivity index (χ0) is 7.72. The van der Waals surface area contributed by atoms with Crippen LogP contribution >= 0.6 is 0 Å². The number of aliphatic hydroxyl groups is 3. The summed E-state index contributed by atoms with van der Waals surface area (Å²) in [4.78, 5) is 0. The summed E-state index contributed by atoms with van der Waals surface area (Å²) < 4.78 is 4.79. The van der Waals surface area contributed by atoms with E-state index in [9.17, 15) is 0 Å².